The number of piperidine rings is 1. The van der Waals surface area contributed by atoms with Gasteiger partial charge in [-0.15, -0.1) is 0 Å². The molecular formula is C25H24N8O. The molecule has 0 spiro atoms. The summed E-state index contributed by atoms with van der Waals surface area (Å²) in [7, 11) is 0. The fourth-order valence-corrected chi connectivity index (χ4v) is 4.56. The molecule has 4 N–H and O–H groups in total. The van der Waals surface area contributed by atoms with Gasteiger partial charge in [0.05, 0.1) is 28.8 Å². The summed E-state index contributed by atoms with van der Waals surface area (Å²) in [5.41, 5.74) is 6.48. The highest BCUT2D eigenvalue weighted by atomic mass is 16.1. The van der Waals surface area contributed by atoms with E-state index in [1.807, 2.05) is 36.5 Å². The Morgan fingerprint density at radius 3 is 2.82 bits per heavy atom. The van der Waals surface area contributed by atoms with Gasteiger partial charge in [0.1, 0.15) is 11.2 Å². The van der Waals surface area contributed by atoms with Crippen LogP contribution in [0.25, 0.3) is 44.6 Å². The van der Waals surface area contributed by atoms with E-state index in [0.717, 1.165) is 70.5 Å². The van der Waals surface area contributed by atoms with Crippen molar-refractivity contribution in [2.24, 2.45) is 5.92 Å². The molecule has 5 aromatic rings. The standard InChI is InChI=1S/C25H24N8O/c34-23(9-15-3-6-26-7-4-15)29-18-10-16(13-28-14-18)19-1-2-21-24(31-19)25(33-32-21)22-11-17-12-27-8-5-20(17)30-22/h1-2,5,8,10-15,26,30H,3-4,6-7,9H2,(H,29,34)(H,32,33). The van der Waals surface area contributed by atoms with Crippen LogP contribution in [0.1, 0.15) is 19.3 Å². The molecule has 5 aromatic heterocycles. The minimum absolute atomic E-state index is 0.0275. The van der Waals surface area contributed by atoms with E-state index in [1.54, 1.807) is 18.6 Å². The molecule has 1 aliphatic heterocycles. The molecule has 0 aromatic carbocycles. The summed E-state index contributed by atoms with van der Waals surface area (Å²) in [5, 5.41) is 14.9. The molecule has 1 amide bonds. The van der Waals surface area contributed by atoms with Crippen molar-refractivity contribution < 1.29 is 4.79 Å². The monoisotopic (exact) mass is 452 g/mol. The molecule has 0 bridgehead atoms. The number of fused-ring (bicyclic) bond motifs is 2. The number of amides is 1. The molecule has 1 aliphatic rings. The molecule has 170 valence electrons. The Hall–Kier alpha value is -4.11. The fraction of sp³-hybridized carbons (Fsp3) is 0.240. The van der Waals surface area contributed by atoms with Crippen LogP contribution in [0, 0.1) is 5.92 Å². The smallest absolute Gasteiger partial charge is 0.224 e. The van der Waals surface area contributed by atoms with Crippen molar-refractivity contribution >= 4 is 33.5 Å². The van der Waals surface area contributed by atoms with E-state index in [0.29, 0.717) is 18.0 Å². The number of aromatic nitrogens is 6. The maximum Gasteiger partial charge on any atom is 0.224 e. The van der Waals surface area contributed by atoms with Crippen molar-refractivity contribution in [1.82, 2.24) is 35.5 Å². The Morgan fingerprint density at radius 1 is 1.03 bits per heavy atom. The molecule has 6 rings (SSSR count). The number of anilines is 1. The molecule has 34 heavy (non-hydrogen) atoms. The zero-order valence-corrected chi connectivity index (χ0v) is 18.5. The lowest BCUT2D eigenvalue weighted by Gasteiger charge is -2.21. The largest absolute Gasteiger partial charge is 0.353 e. The minimum atomic E-state index is 0.0275. The first-order valence-electron chi connectivity index (χ1n) is 11.5. The molecule has 1 fully saturated rings. The third kappa shape index (κ3) is 4.01. The Bertz CT molecular complexity index is 1450. The van der Waals surface area contributed by atoms with E-state index in [4.69, 9.17) is 4.98 Å². The zero-order valence-electron chi connectivity index (χ0n) is 18.5. The number of hydrogen-bond donors (Lipinski definition) is 4. The van der Waals surface area contributed by atoms with Crippen molar-refractivity contribution in [3.05, 3.63) is 55.1 Å². The molecule has 0 aliphatic carbocycles. The molecule has 0 saturated carbocycles. The molecule has 9 nitrogen and oxygen atoms in total. The second-order valence-electron chi connectivity index (χ2n) is 8.72. The van der Waals surface area contributed by atoms with Crippen LogP contribution in [0.2, 0.25) is 0 Å². The summed E-state index contributed by atoms with van der Waals surface area (Å²) in [6.45, 7) is 1.96. The number of rotatable bonds is 5. The van der Waals surface area contributed by atoms with Gasteiger partial charge in [-0.2, -0.15) is 5.10 Å². The molecule has 0 unspecified atom stereocenters. The molecule has 1 saturated heterocycles. The van der Waals surface area contributed by atoms with Crippen LogP contribution in [0.3, 0.4) is 0 Å². The average Bonchev–Trinajstić information content (AvgIpc) is 3.48. The van der Waals surface area contributed by atoms with E-state index in [2.05, 4.69) is 35.8 Å². The Labute approximate surface area is 195 Å². The number of pyridine rings is 3. The van der Waals surface area contributed by atoms with Crippen molar-refractivity contribution in [3.8, 4) is 22.6 Å². The van der Waals surface area contributed by atoms with E-state index >= 15 is 0 Å². The zero-order chi connectivity index (χ0) is 22.9. The molecule has 0 radical (unpaired) electrons. The number of carbonyl (C=O) groups is 1. The number of hydrogen-bond acceptors (Lipinski definition) is 6. The lowest BCUT2D eigenvalue weighted by Crippen LogP contribution is -2.30. The molecular weight excluding hydrogens is 428 g/mol. The van der Waals surface area contributed by atoms with Crippen LogP contribution >= 0.6 is 0 Å². The predicted octanol–water partition coefficient (Wildman–Crippen LogP) is 3.89. The van der Waals surface area contributed by atoms with Gasteiger partial charge in [0, 0.05) is 41.5 Å². The Morgan fingerprint density at radius 2 is 1.94 bits per heavy atom. The van der Waals surface area contributed by atoms with E-state index in [1.165, 1.54) is 0 Å². The van der Waals surface area contributed by atoms with Gasteiger partial charge in [-0.05, 0) is 62.2 Å². The van der Waals surface area contributed by atoms with Gasteiger partial charge in [0.15, 0.2) is 0 Å². The highest BCUT2D eigenvalue weighted by Gasteiger charge is 2.17. The van der Waals surface area contributed by atoms with Crippen LogP contribution in [0.5, 0.6) is 0 Å². The van der Waals surface area contributed by atoms with Gasteiger partial charge in [0.2, 0.25) is 5.91 Å². The number of carbonyl (C=O) groups excluding carboxylic acids is 1. The van der Waals surface area contributed by atoms with Crippen LogP contribution in [0.15, 0.2) is 55.1 Å². The summed E-state index contributed by atoms with van der Waals surface area (Å²) in [5.74, 6) is 0.459. The SMILES string of the molecule is O=C(CC1CCNCC1)Nc1cncc(-c2ccc3[nH]nc(-c4cc5cnccc5[nH]4)c3n2)c1. The lowest BCUT2D eigenvalue weighted by molar-refractivity contribution is -0.117. The van der Waals surface area contributed by atoms with Gasteiger partial charge in [-0.25, -0.2) is 4.98 Å². The number of H-pyrrole nitrogens is 2. The molecule has 0 atom stereocenters. The minimum Gasteiger partial charge on any atom is -0.353 e. The van der Waals surface area contributed by atoms with Crippen LogP contribution < -0.4 is 10.6 Å². The van der Waals surface area contributed by atoms with Crippen LogP contribution in [-0.2, 0) is 4.79 Å². The van der Waals surface area contributed by atoms with Gasteiger partial charge >= 0.3 is 0 Å². The summed E-state index contributed by atoms with van der Waals surface area (Å²) >= 11 is 0. The van der Waals surface area contributed by atoms with Crippen LogP contribution in [0.4, 0.5) is 5.69 Å². The lowest BCUT2D eigenvalue weighted by atomic mass is 9.94. The topological polar surface area (TPSA) is 124 Å². The highest BCUT2D eigenvalue weighted by molar-refractivity contribution is 5.94. The fourth-order valence-electron chi connectivity index (χ4n) is 4.56. The normalized spacial score (nSPS) is 14.6. The van der Waals surface area contributed by atoms with Crippen molar-refractivity contribution in [2.75, 3.05) is 18.4 Å². The number of nitrogens with one attached hydrogen (secondary N) is 4. The maximum absolute atomic E-state index is 12.5. The van der Waals surface area contributed by atoms with E-state index in [-0.39, 0.29) is 5.91 Å². The first kappa shape index (κ1) is 20.5. The van der Waals surface area contributed by atoms with Gasteiger partial charge in [-0.3, -0.25) is 19.9 Å². The van der Waals surface area contributed by atoms with E-state index < -0.39 is 0 Å². The summed E-state index contributed by atoms with van der Waals surface area (Å²) in [4.78, 5) is 29.3. The van der Waals surface area contributed by atoms with Gasteiger partial charge in [0.25, 0.3) is 0 Å². The third-order valence-corrected chi connectivity index (χ3v) is 6.33. The van der Waals surface area contributed by atoms with Crippen molar-refractivity contribution in [2.45, 2.75) is 19.3 Å². The highest BCUT2D eigenvalue weighted by Crippen LogP contribution is 2.29. The Balaban J connectivity index is 1.27. The van der Waals surface area contributed by atoms with Crippen LogP contribution in [-0.4, -0.2) is 49.1 Å². The summed E-state index contributed by atoms with van der Waals surface area (Å²) in [6.07, 6.45) is 9.61. The summed E-state index contributed by atoms with van der Waals surface area (Å²) in [6, 6.07) is 9.75. The third-order valence-electron chi connectivity index (χ3n) is 6.33. The van der Waals surface area contributed by atoms with Gasteiger partial charge < -0.3 is 15.6 Å². The maximum atomic E-state index is 12.5. The quantitative estimate of drug-likeness (QED) is 0.321. The molecule has 9 heteroatoms. The number of aromatic amines is 2. The van der Waals surface area contributed by atoms with Crippen molar-refractivity contribution in [3.63, 3.8) is 0 Å². The average molecular weight is 453 g/mol. The second-order valence-corrected chi connectivity index (χ2v) is 8.72. The van der Waals surface area contributed by atoms with Crippen molar-refractivity contribution in [1.29, 1.82) is 0 Å². The molecule has 6 heterocycles. The number of nitrogens with zero attached hydrogens (tertiary/aromatic N) is 4. The van der Waals surface area contributed by atoms with Gasteiger partial charge in [-0.1, -0.05) is 0 Å². The second kappa shape index (κ2) is 8.68. The summed E-state index contributed by atoms with van der Waals surface area (Å²) < 4.78 is 0. The predicted molar refractivity (Wildman–Crippen MR) is 131 cm³/mol. The first-order valence-corrected chi connectivity index (χ1v) is 11.5. The van der Waals surface area contributed by atoms with E-state index in [9.17, 15) is 4.79 Å². The first-order chi connectivity index (χ1) is 16.7. The Kier molecular flexibility index (Phi) is 5.23.